The Hall–Kier alpha value is -1.70. The topological polar surface area (TPSA) is 34.1 Å². The van der Waals surface area contributed by atoms with Crippen LogP contribution in [0, 0.1) is 40.4 Å². The summed E-state index contributed by atoms with van der Waals surface area (Å²) in [6, 6.07) is 9.97. The van der Waals surface area contributed by atoms with Crippen molar-refractivity contribution in [3.63, 3.8) is 0 Å². The van der Waals surface area contributed by atoms with Crippen LogP contribution in [-0.4, -0.2) is 11.6 Å². The molecule has 7 atom stereocenters. The number of rotatable bonds is 3. The third-order valence-corrected chi connectivity index (χ3v) is 10.1. The molecule has 0 unspecified atom stereocenters. The Morgan fingerprint density at radius 1 is 0.933 bits per heavy atom. The number of fused-ring (bicyclic) bond motifs is 5. The second-order valence-corrected chi connectivity index (χ2v) is 11.2. The quantitative estimate of drug-likeness (QED) is 0.417. The third kappa shape index (κ3) is 2.89. The molecule has 0 aromatic heterocycles. The normalized spacial score (nSPS) is 42.5. The Bertz CT molecular complexity index is 883. The average Bonchev–Trinajstić information content (AvgIpc) is 3.10. The molecule has 5 rings (SSSR count). The van der Waals surface area contributed by atoms with E-state index >= 15 is 0 Å². The van der Waals surface area contributed by atoms with Crippen molar-refractivity contribution in [3.05, 3.63) is 47.5 Å². The van der Waals surface area contributed by atoms with Crippen molar-refractivity contribution in [2.75, 3.05) is 0 Å². The summed E-state index contributed by atoms with van der Waals surface area (Å²) >= 11 is 0. The van der Waals surface area contributed by atoms with Gasteiger partial charge in [-0.2, -0.15) is 0 Å². The van der Waals surface area contributed by atoms with E-state index in [1.807, 2.05) is 30.3 Å². The zero-order chi connectivity index (χ0) is 21.1. The van der Waals surface area contributed by atoms with Gasteiger partial charge in [0.15, 0.2) is 5.78 Å². The minimum atomic E-state index is 0.145. The van der Waals surface area contributed by atoms with Crippen LogP contribution in [0.25, 0.3) is 0 Å². The van der Waals surface area contributed by atoms with Crippen molar-refractivity contribution in [1.29, 1.82) is 0 Å². The zero-order valence-electron chi connectivity index (χ0n) is 18.8. The lowest BCUT2D eigenvalue weighted by Gasteiger charge is -2.58. The Labute approximate surface area is 181 Å². The number of carbonyl (C=O) groups excluding carboxylic acids is 2. The number of allylic oxidation sites excluding steroid dienone is 2. The Kier molecular flexibility index (Phi) is 4.84. The number of ketones is 2. The van der Waals surface area contributed by atoms with E-state index in [0.717, 1.165) is 37.2 Å². The molecule has 3 saturated carbocycles. The van der Waals surface area contributed by atoms with Gasteiger partial charge in [-0.15, -0.1) is 0 Å². The molecule has 1 aromatic carbocycles. The predicted molar refractivity (Wildman–Crippen MR) is 120 cm³/mol. The highest BCUT2D eigenvalue weighted by Gasteiger charge is 2.59. The van der Waals surface area contributed by atoms with Crippen LogP contribution in [0.3, 0.4) is 0 Å². The summed E-state index contributed by atoms with van der Waals surface area (Å²) in [6.45, 7) is 6.70. The summed E-state index contributed by atoms with van der Waals surface area (Å²) in [6.07, 6.45) is 11.6. The lowest BCUT2D eigenvalue weighted by molar-refractivity contribution is -0.122. The molecule has 0 saturated heterocycles. The molecule has 2 heteroatoms. The summed E-state index contributed by atoms with van der Waals surface area (Å²) in [5, 5.41) is 0. The fourth-order valence-corrected chi connectivity index (χ4v) is 8.24. The first-order valence-corrected chi connectivity index (χ1v) is 12.1. The van der Waals surface area contributed by atoms with Crippen LogP contribution >= 0.6 is 0 Å². The second-order valence-electron chi connectivity index (χ2n) is 11.2. The van der Waals surface area contributed by atoms with Gasteiger partial charge in [0.2, 0.25) is 0 Å². The van der Waals surface area contributed by atoms with Crippen LogP contribution in [-0.2, 0) is 4.79 Å². The zero-order valence-corrected chi connectivity index (χ0v) is 18.8. The maximum Gasteiger partial charge on any atom is 0.166 e. The van der Waals surface area contributed by atoms with E-state index in [1.165, 1.54) is 25.7 Å². The highest BCUT2D eigenvalue weighted by molar-refractivity contribution is 5.98. The van der Waals surface area contributed by atoms with Crippen molar-refractivity contribution in [1.82, 2.24) is 0 Å². The summed E-state index contributed by atoms with van der Waals surface area (Å²) < 4.78 is 0. The molecule has 0 N–H and O–H groups in total. The van der Waals surface area contributed by atoms with Gasteiger partial charge in [0, 0.05) is 17.4 Å². The molecule has 0 radical (unpaired) electrons. The summed E-state index contributed by atoms with van der Waals surface area (Å²) in [4.78, 5) is 25.4. The predicted octanol–water partition coefficient (Wildman–Crippen LogP) is 6.65. The van der Waals surface area contributed by atoms with Crippen molar-refractivity contribution < 1.29 is 9.59 Å². The molecular formula is C28H36O2. The SMILES string of the molecule is CC(=O)[C@@H]1CC[C@]2(C)C(=CC[C@H]3[C@@H]4CC[C@H](C(=O)c5ccccc5)[C@]4(C)CC[C@@H]32)C1. The second kappa shape index (κ2) is 7.18. The maximum absolute atomic E-state index is 13.4. The smallest absolute Gasteiger partial charge is 0.166 e. The van der Waals surface area contributed by atoms with Gasteiger partial charge in [-0.3, -0.25) is 9.59 Å². The molecular weight excluding hydrogens is 368 g/mol. The van der Waals surface area contributed by atoms with Crippen molar-refractivity contribution >= 4 is 11.6 Å². The van der Waals surface area contributed by atoms with E-state index in [1.54, 1.807) is 12.5 Å². The number of hydrogen-bond donors (Lipinski definition) is 0. The lowest BCUT2D eigenvalue weighted by atomic mass is 9.46. The first-order valence-electron chi connectivity index (χ1n) is 12.1. The molecule has 4 aliphatic rings. The van der Waals surface area contributed by atoms with Crippen LogP contribution in [0.1, 0.15) is 82.5 Å². The number of hydrogen-bond acceptors (Lipinski definition) is 2. The Morgan fingerprint density at radius 2 is 1.70 bits per heavy atom. The molecule has 1 aromatic rings. The van der Waals surface area contributed by atoms with Gasteiger partial charge in [-0.05, 0) is 86.9 Å². The van der Waals surface area contributed by atoms with E-state index < -0.39 is 0 Å². The van der Waals surface area contributed by atoms with Crippen molar-refractivity contribution in [2.45, 2.75) is 72.1 Å². The number of carbonyl (C=O) groups is 2. The summed E-state index contributed by atoms with van der Waals surface area (Å²) in [7, 11) is 0. The molecule has 3 fully saturated rings. The van der Waals surface area contributed by atoms with E-state index in [-0.39, 0.29) is 22.7 Å². The minimum absolute atomic E-state index is 0.145. The molecule has 0 bridgehead atoms. The molecule has 4 aliphatic carbocycles. The van der Waals surface area contributed by atoms with E-state index in [0.29, 0.717) is 23.4 Å². The van der Waals surface area contributed by atoms with Gasteiger partial charge in [0.1, 0.15) is 5.78 Å². The van der Waals surface area contributed by atoms with Gasteiger partial charge < -0.3 is 0 Å². The number of benzene rings is 1. The number of Topliss-reactive ketones (excluding diaryl/α,β-unsaturated/α-hetero) is 2. The third-order valence-electron chi connectivity index (χ3n) is 10.1. The first kappa shape index (κ1) is 20.2. The molecule has 160 valence electrons. The largest absolute Gasteiger partial charge is 0.300 e. The minimum Gasteiger partial charge on any atom is -0.300 e. The molecule has 30 heavy (non-hydrogen) atoms. The van der Waals surface area contributed by atoms with Gasteiger partial charge in [-0.25, -0.2) is 0 Å². The highest BCUT2D eigenvalue weighted by atomic mass is 16.1. The van der Waals surface area contributed by atoms with Crippen LogP contribution < -0.4 is 0 Å². The standard InChI is InChI=1S/C28H36O2/c1-18(29)20-13-15-27(2)21(17-20)9-10-22-23-11-12-25(28(23,3)16-14-24(22)27)26(30)19-7-5-4-6-8-19/h4-9,20,22-25H,10-17H2,1-3H3/t20-,22+,23+,24+,25-,27-,28-/m1/s1. The van der Waals surface area contributed by atoms with Crippen LogP contribution in [0.4, 0.5) is 0 Å². The van der Waals surface area contributed by atoms with Gasteiger partial charge in [-0.1, -0.05) is 55.8 Å². The Balaban J connectivity index is 1.41. The summed E-state index contributed by atoms with van der Waals surface area (Å²) in [5.41, 5.74) is 2.89. The molecule has 0 aliphatic heterocycles. The van der Waals surface area contributed by atoms with Crippen LogP contribution in [0.2, 0.25) is 0 Å². The first-order chi connectivity index (χ1) is 14.3. The summed E-state index contributed by atoms with van der Waals surface area (Å²) in [5.74, 6) is 3.27. The molecule has 0 spiro atoms. The van der Waals surface area contributed by atoms with Crippen molar-refractivity contribution in [2.24, 2.45) is 40.4 Å². The Morgan fingerprint density at radius 3 is 2.43 bits per heavy atom. The van der Waals surface area contributed by atoms with Gasteiger partial charge in [0.05, 0.1) is 0 Å². The average molecular weight is 405 g/mol. The fourth-order valence-electron chi connectivity index (χ4n) is 8.24. The van der Waals surface area contributed by atoms with E-state index in [2.05, 4.69) is 19.9 Å². The maximum atomic E-state index is 13.4. The van der Waals surface area contributed by atoms with Gasteiger partial charge in [0.25, 0.3) is 0 Å². The molecule has 0 amide bonds. The monoisotopic (exact) mass is 404 g/mol. The van der Waals surface area contributed by atoms with Crippen LogP contribution in [0.15, 0.2) is 42.0 Å². The highest BCUT2D eigenvalue weighted by Crippen LogP contribution is 2.66. The van der Waals surface area contributed by atoms with Crippen molar-refractivity contribution in [3.8, 4) is 0 Å². The molecule has 0 heterocycles. The molecule has 2 nitrogen and oxygen atoms in total. The van der Waals surface area contributed by atoms with Gasteiger partial charge >= 0.3 is 0 Å². The van der Waals surface area contributed by atoms with E-state index in [9.17, 15) is 9.59 Å². The lowest BCUT2D eigenvalue weighted by Crippen LogP contribution is -2.50. The van der Waals surface area contributed by atoms with E-state index in [4.69, 9.17) is 0 Å². The van der Waals surface area contributed by atoms with Crippen LogP contribution in [0.5, 0.6) is 0 Å². The fraction of sp³-hybridized carbons (Fsp3) is 0.643.